The van der Waals surface area contributed by atoms with Crippen molar-refractivity contribution in [1.82, 2.24) is 14.7 Å². The molecule has 8 heteroatoms. The van der Waals surface area contributed by atoms with Crippen molar-refractivity contribution in [2.45, 2.75) is 11.8 Å². The number of para-hydroxylation sites is 1. The summed E-state index contributed by atoms with van der Waals surface area (Å²) in [5.74, 6) is -1.01. The minimum Gasteiger partial charge on any atom is -0.481 e. The second-order valence-electron chi connectivity index (χ2n) is 5.36. The third-order valence-electron chi connectivity index (χ3n) is 3.50. The molecule has 1 aromatic carbocycles. The van der Waals surface area contributed by atoms with Gasteiger partial charge in [0.2, 0.25) is 0 Å². The van der Waals surface area contributed by atoms with Crippen LogP contribution < -0.4 is 5.32 Å². The predicted molar refractivity (Wildman–Crippen MR) is 93.8 cm³/mol. The molecule has 1 aromatic heterocycles. The summed E-state index contributed by atoms with van der Waals surface area (Å²) in [6.45, 7) is 1.68. The molecule has 2 rings (SSSR count). The van der Waals surface area contributed by atoms with Crippen LogP contribution in [0, 0.1) is 5.92 Å². The quantitative estimate of drug-likeness (QED) is 0.784. The van der Waals surface area contributed by atoms with Crippen LogP contribution >= 0.6 is 11.8 Å². The van der Waals surface area contributed by atoms with Crippen LogP contribution in [0.4, 0.5) is 10.6 Å². The first-order valence-corrected chi connectivity index (χ1v) is 8.59. The Morgan fingerprint density at radius 3 is 2.62 bits per heavy atom. The van der Waals surface area contributed by atoms with E-state index >= 15 is 0 Å². The number of benzene rings is 1. The minimum absolute atomic E-state index is 0.120. The molecule has 128 valence electrons. The van der Waals surface area contributed by atoms with Crippen LogP contribution in [0.15, 0.2) is 41.4 Å². The number of urea groups is 1. The smallest absolute Gasteiger partial charge is 0.322 e. The first-order chi connectivity index (χ1) is 11.4. The van der Waals surface area contributed by atoms with Gasteiger partial charge in [-0.15, -0.1) is 11.8 Å². The van der Waals surface area contributed by atoms with Gasteiger partial charge in [0, 0.05) is 13.6 Å². The number of carboxylic acid groups (broad SMARTS) is 1. The number of nitrogens with zero attached hydrogens (tertiary/aromatic N) is 3. The van der Waals surface area contributed by atoms with Gasteiger partial charge in [-0.2, -0.15) is 5.10 Å². The van der Waals surface area contributed by atoms with Crippen molar-refractivity contribution in [3.63, 3.8) is 0 Å². The standard InChI is InChI=1S/C16H20N4O3S/c1-11(15(21)22)10-19(2)16(23)18-14-13(24-3)9-17-20(14)12-7-5-4-6-8-12/h4-9,11H,10H2,1-3H3,(H,18,23)(H,21,22). The number of thioether (sulfide) groups is 1. The van der Waals surface area contributed by atoms with E-state index in [9.17, 15) is 9.59 Å². The highest BCUT2D eigenvalue weighted by molar-refractivity contribution is 7.98. The lowest BCUT2D eigenvalue weighted by molar-refractivity contribution is -0.141. The van der Waals surface area contributed by atoms with Crippen LogP contribution in [-0.2, 0) is 4.79 Å². The highest BCUT2D eigenvalue weighted by Crippen LogP contribution is 2.27. The van der Waals surface area contributed by atoms with Gasteiger partial charge in [0.05, 0.1) is 22.7 Å². The number of amides is 2. The average molecular weight is 348 g/mol. The molecule has 2 N–H and O–H groups in total. The van der Waals surface area contributed by atoms with Gasteiger partial charge in [0.1, 0.15) is 0 Å². The molecular formula is C16H20N4O3S. The van der Waals surface area contributed by atoms with Gasteiger partial charge in [-0.05, 0) is 18.4 Å². The highest BCUT2D eigenvalue weighted by Gasteiger charge is 2.20. The van der Waals surface area contributed by atoms with Crippen molar-refractivity contribution in [2.24, 2.45) is 5.92 Å². The summed E-state index contributed by atoms with van der Waals surface area (Å²) in [4.78, 5) is 25.5. The number of nitrogens with one attached hydrogen (secondary N) is 1. The molecule has 2 amide bonds. The van der Waals surface area contributed by atoms with Gasteiger partial charge in [-0.25, -0.2) is 9.48 Å². The van der Waals surface area contributed by atoms with E-state index in [0.29, 0.717) is 5.82 Å². The molecule has 0 aliphatic carbocycles. The number of carboxylic acids is 1. The largest absolute Gasteiger partial charge is 0.481 e. The third-order valence-corrected chi connectivity index (χ3v) is 4.24. The van der Waals surface area contributed by atoms with Gasteiger partial charge in [-0.3, -0.25) is 10.1 Å². The molecule has 0 fully saturated rings. The van der Waals surface area contributed by atoms with Crippen LogP contribution in [0.3, 0.4) is 0 Å². The van der Waals surface area contributed by atoms with Gasteiger partial charge >= 0.3 is 12.0 Å². The van der Waals surface area contributed by atoms with Crippen molar-refractivity contribution in [2.75, 3.05) is 25.2 Å². The van der Waals surface area contributed by atoms with Crippen molar-refractivity contribution < 1.29 is 14.7 Å². The highest BCUT2D eigenvalue weighted by atomic mass is 32.2. The summed E-state index contributed by atoms with van der Waals surface area (Å²) in [7, 11) is 1.57. The fourth-order valence-electron chi connectivity index (χ4n) is 2.13. The van der Waals surface area contributed by atoms with Crippen LogP contribution in [0.25, 0.3) is 5.69 Å². The van der Waals surface area contributed by atoms with Gasteiger partial charge in [0.25, 0.3) is 0 Å². The van der Waals surface area contributed by atoms with Gasteiger partial charge < -0.3 is 10.0 Å². The Balaban J connectivity index is 2.21. The van der Waals surface area contributed by atoms with Crippen LogP contribution in [0.1, 0.15) is 6.92 Å². The average Bonchev–Trinajstić information content (AvgIpc) is 2.98. The molecule has 0 bridgehead atoms. The van der Waals surface area contributed by atoms with E-state index in [1.807, 2.05) is 36.6 Å². The molecule has 0 aliphatic heterocycles. The lowest BCUT2D eigenvalue weighted by Gasteiger charge is -2.20. The molecule has 1 unspecified atom stereocenters. The maximum Gasteiger partial charge on any atom is 0.322 e. The van der Waals surface area contributed by atoms with E-state index in [-0.39, 0.29) is 12.6 Å². The molecule has 0 radical (unpaired) electrons. The van der Waals surface area contributed by atoms with Crippen molar-refractivity contribution in [3.8, 4) is 5.69 Å². The van der Waals surface area contributed by atoms with E-state index < -0.39 is 11.9 Å². The van der Waals surface area contributed by atoms with Gasteiger partial charge in [-0.1, -0.05) is 25.1 Å². The lowest BCUT2D eigenvalue weighted by Crippen LogP contribution is -2.37. The molecule has 0 saturated carbocycles. The second-order valence-corrected chi connectivity index (χ2v) is 6.21. The summed E-state index contributed by atoms with van der Waals surface area (Å²) in [6.07, 6.45) is 3.59. The zero-order valence-electron chi connectivity index (χ0n) is 13.8. The lowest BCUT2D eigenvalue weighted by atomic mass is 10.2. The maximum absolute atomic E-state index is 12.4. The molecular weight excluding hydrogens is 328 g/mol. The molecule has 1 heterocycles. The Kier molecular flexibility index (Phi) is 5.86. The van der Waals surface area contributed by atoms with Crippen LogP contribution in [0.2, 0.25) is 0 Å². The molecule has 7 nitrogen and oxygen atoms in total. The predicted octanol–water partition coefficient (Wildman–Crippen LogP) is 2.78. The summed E-state index contributed by atoms with van der Waals surface area (Å²) in [5, 5.41) is 16.1. The Labute approximate surface area is 144 Å². The number of aliphatic carboxylic acids is 1. The summed E-state index contributed by atoms with van der Waals surface area (Å²) >= 11 is 1.47. The topological polar surface area (TPSA) is 87.5 Å². The summed E-state index contributed by atoms with van der Waals surface area (Å²) in [6, 6.07) is 9.09. The van der Waals surface area contributed by atoms with Crippen molar-refractivity contribution in [3.05, 3.63) is 36.5 Å². The molecule has 0 spiro atoms. The Morgan fingerprint density at radius 2 is 2.04 bits per heavy atom. The monoisotopic (exact) mass is 348 g/mol. The number of carbonyl (C=O) groups excluding carboxylic acids is 1. The first kappa shape index (κ1) is 17.9. The normalized spacial score (nSPS) is 11.8. The SMILES string of the molecule is CSc1cnn(-c2ccccc2)c1NC(=O)N(C)CC(C)C(=O)O. The number of rotatable bonds is 6. The first-order valence-electron chi connectivity index (χ1n) is 7.36. The second kappa shape index (κ2) is 7.87. The Hall–Kier alpha value is -2.48. The van der Waals surface area contributed by atoms with Crippen LogP contribution in [-0.4, -0.2) is 51.6 Å². The fourth-order valence-corrected chi connectivity index (χ4v) is 2.61. The minimum atomic E-state index is -0.936. The molecule has 0 aliphatic rings. The molecule has 2 aromatic rings. The van der Waals surface area contributed by atoms with E-state index in [1.165, 1.54) is 16.7 Å². The molecule has 1 atom stereocenters. The summed E-state index contributed by atoms with van der Waals surface area (Å²) in [5.41, 5.74) is 0.828. The molecule has 0 saturated heterocycles. The van der Waals surface area contributed by atoms with Crippen molar-refractivity contribution in [1.29, 1.82) is 0 Å². The van der Waals surface area contributed by atoms with Crippen molar-refractivity contribution >= 4 is 29.6 Å². The van der Waals surface area contributed by atoms with Crippen LogP contribution in [0.5, 0.6) is 0 Å². The maximum atomic E-state index is 12.4. The summed E-state index contributed by atoms with van der Waals surface area (Å²) < 4.78 is 1.65. The zero-order valence-corrected chi connectivity index (χ0v) is 14.6. The fraction of sp³-hybridized carbons (Fsp3) is 0.312. The number of carbonyl (C=O) groups is 2. The number of aromatic nitrogens is 2. The van der Waals surface area contributed by atoms with E-state index in [1.54, 1.807) is 24.9 Å². The zero-order chi connectivity index (χ0) is 17.7. The van der Waals surface area contributed by atoms with E-state index in [4.69, 9.17) is 5.11 Å². The molecule has 24 heavy (non-hydrogen) atoms. The number of hydrogen-bond acceptors (Lipinski definition) is 4. The van der Waals surface area contributed by atoms with E-state index in [2.05, 4.69) is 10.4 Å². The Bertz CT molecular complexity index is 717. The number of anilines is 1. The third kappa shape index (κ3) is 4.08. The van der Waals surface area contributed by atoms with E-state index in [0.717, 1.165) is 10.6 Å². The number of hydrogen-bond donors (Lipinski definition) is 2. The Morgan fingerprint density at radius 1 is 1.38 bits per heavy atom. The van der Waals surface area contributed by atoms with Gasteiger partial charge in [0.15, 0.2) is 5.82 Å².